The largest absolute Gasteiger partial charge is 0.401 e. The lowest BCUT2D eigenvalue weighted by atomic mass is 10.3. The molecule has 72 valence electrons. The van der Waals surface area contributed by atoms with E-state index in [2.05, 4.69) is 0 Å². The molecular weight excluding hydrogens is 171 g/mol. The van der Waals surface area contributed by atoms with E-state index < -0.39 is 12.7 Å². The van der Waals surface area contributed by atoms with Crippen LogP contribution in [0.2, 0.25) is 0 Å². The Morgan fingerprint density at radius 3 is 2.25 bits per heavy atom. The predicted molar refractivity (Wildman–Crippen MR) is 38.9 cm³/mol. The van der Waals surface area contributed by atoms with Gasteiger partial charge >= 0.3 is 6.18 Å². The molecule has 0 aromatic carbocycles. The summed E-state index contributed by atoms with van der Waals surface area (Å²) in [4.78, 5) is 11.7. The second kappa shape index (κ2) is 4.45. The zero-order chi connectivity index (χ0) is 9.78. The topological polar surface area (TPSA) is 20.3 Å². The Bertz CT molecular complexity index is 155. The SMILES string of the molecule is CCC(=O)CN(C)CC(F)(F)F. The van der Waals surface area contributed by atoms with Gasteiger partial charge in [0.15, 0.2) is 0 Å². The Hall–Kier alpha value is -0.580. The van der Waals surface area contributed by atoms with Gasteiger partial charge in [-0.25, -0.2) is 0 Å². The second-order valence-corrected chi connectivity index (χ2v) is 2.68. The molecule has 5 heteroatoms. The highest BCUT2D eigenvalue weighted by Crippen LogP contribution is 2.15. The summed E-state index contributed by atoms with van der Waals surface area (Å²) in [5.41, 5.74) is 0. The molecule has 0 aliphatic rings. The monoisotopic (exact) mass is 183 g/mol. The fraction of sp³-hybridized carbons (Fsp3) is 0.857. The normalized spacial score (nSPS) is 12.2. The molecule has 0 rings (SSSR count). The van der Waals surface area contributed by atoms with Crippen LogP contribution in [0.25, 0.3) is 0 Å². The molecule has 0 saturated heterocycles. The first kappa shape index (κ1) is 11.4. The first-order valence-electron chi connectivity index (χ1n) is 3.62. The van der Waals surface area contributed by atoms with E-state index in [1.807, 2.05) is 0 Å². The minimum Gasteiger partial charge on any atom is -0.298 e. The van der Waals surface area contributed by atoms with Gasteiger partial charge in [-0.1, -0.05) is 6.92 Å². The summed E-state index contributed by atoms with van der Waals surface area (Å²) in [5, 5.41) is 0. The average Bonchev–Trinajstić information content (AvgIpc) is 1.82. The second-order valence-electron chi connectivity index (χ2n) is 2.68. The Labute approximate surface area is 69.3 Å². The van der Waals surface area contributed by atoms with Crippen LogP contribution in [0.1, 0.15) is 13.3 Å². The molecule has 0 atom stereocenters. The molecule has 0 fully saturated rings. The van der Waals surface area contributed by atoms with Crippen molar-refractivity contribution < 1.29 is 18.0 Å². The highest BCUT2D eigenvalue weighted by atomic mass is 19.4. The molecule has 0 unspecified atom stereocenters. The van der Waals surface area contributed by atoms with E-state index in [9.17, 15) is 18.0 Å². The van der Waals surface area contributed by atoms with E-state index in [0.29, 0.717) is 0 Å². The fourth-order valence-electron chi connectivity index (χ4n) is 0.775. The molecule has 0 aliphatic carbocycles. The third-order valence-electron chi connectivity index (χ3n) is 1.29. The van der Waals surface area contributed by atoms with E-state index in [1.165, 1.54) is 7.05 Å². The molecule has 0 heterocycles. The van der Waals surface area contributed by atoms with Crippen molar-refractivity contribution in [3.05, 3.63) is 0 Å². The van der Waals surface area contributed by atoms with Gasteiger partial charge in [0.05, 0.1) is 13.1 Å². The van der Waals surface area contributed by atoms with Gasteiger partial charge in [-0.05, 0) is 7.05 Å². The number of hydrogen-bond donors (Lipinski definition) is 0. The van der Waals surface area contributed by atoms with Crippen LogP contribution in [0.4, 0.5) is 13.2 Å². The van der Waals surface area contributed by atoms with Gasteiger partial charge in [-0.15, -0.1) is 0 Å². The van der Waals surface area contributed by atoms with E-state index in [-0.39, 0.29) is 18.7 Å². The van der Waals surface area contributed by atoms with Crippen molar-refractivity contribution in [3.8, 4) is 0 Å². The first-order chi connectivity index (χ1) is 5.35. The molecule has 0 saturated carbocycles. The van der Waals surface area contributed by atoms with Crippen LogP contribution in [0.5, 0.6) is 0 Å². The summed E-state index contributed by atoms with van der Waals surface area (Å²) in [7, 11) is 1.28. The zero-order valence-corrected chi connectivity index (χ0v) is 7.11. The Balaban J connectivity index is 3.74. The van der Waals surface area contributed by atoms with Crippen LogP contribution in [0.3, 0.4) is 0 Å². The molecular formula is C7H12F3NO. The quantitative estimate of drug-likeness (QED) is 0.657. The fourth-order valence-corrected chi connectivity index (χ4v) is 0.775. The Morgan fingerprint density at radius 1 is 1.42 bits per heavy atom. The van der Waals surface area contributed by atoms with Crippen LogP contribution in [0, 0.1) is 0 Å². The Kier molecular flexibility index (Phi) is 4.23. The number of halogens is 3. The van der Waals surface area contributed by atoms with Gasteiger partial charge in [0.1, 0.15) is 5.78 Å². The van der Waals surface area contributed by atoms with E-state index in [4.69, 9.17) is 0 Å². The zero-order valence-electron chi connectivity index (χ0n) is 7.11. The van der Waals surface area contributed by atoms with Crippen molar-refractivity contribution in [1.82, 2.24) is 4.90 Å². The van der Waals surface area contributed by atoms with Crippen LogP contribution < -0.4 is 0 Å². The highest BCUT2D eigenvalue weighted by molar-refractivity contribution is 5.80. The van der Waals surface area contributed by atoms with Crippen LogP contribution >= 0.6 is 0 Å². The van der Waals surface area contributed by atoms with Gasteiger partial charge in [0, 0.05) is 6.42 Å². The summed E-state index contributed by atoms with van der Waals surface area (Å²) < 4.78 is 35.1. The number of carbonyl (C=O) groups excluding carboxylic acids is 1. The molecule has 0 aliphatic heterocycles. The number of nitrogens with zero attached hydrogens (tertiary/aromatic N) is 1. The number of carbonyl (C=O) groups is 1. The minimum absolute atomic E-state index is 0.129. The van der Waals surface area contributed by atoms with E-state index in [0.717, 1.165) is 4.90 Å². The van der Waals surface area contributed by atoms with Gasteiger partial charge in [0.25, 0.3) is 0 Å². The molecule has 0 bridgehead atoms. The minimum atomic E-state index is -4.22. The number of ketones is 1. The van der Waals surface area contributed by atoms with Crippen molar-refractivity contribution >= 4 is 5.78 Å². The number of Topliss-reactive ketones (excluding diaryl/α,β-unsaturated/α-hetero) is 1. The van der Waals surface area contributed by atoms with Crippen molar-refractivity contribution in [2.45, 2.75) is 19.5 Å². The first-order valence-corrected chi connectivity index (χ1v) is 3.62. The molecule has 0 spiro atoms. The van der Waals surface area contributed by atoms with Crippen molar-refractivity contribution in [1.29, 1.82) is 0 Å². The van der Waals surface area contributed by atoms with Crippen LogP contribution in [-0.2, 0) is 4.79 Å². The average molecular weight is 183 g/mol. The number of rotatable bonds is 4. The highest BCUT2D eigenvalue weighted by Gasteiger charge is 2.29. The molecule has 0 radical (unpaired) electrons. The van der Waals surface area contributed by atoms with Gasteiger partial charge in [-0.2, -0.15) is 13.2 Å². The summed E-state index contributed by atoms with van der Waals surface area (Å²) in [6, 6.07) is 0. The van der Waals surface area contributed by atoms with E-state index in [1.54, 1.807) is 6.92 Å². The van der Waals surface area contributed by atoms with Gasteiger partial charge < -0.3 is 0 Å². The standard InChI is InChI=1S/C7H12F3NO/c1-3-6(12)4-11(2)5-7(8,9)10/h3-5H2,1-2H3. The maximum absolute atomic E-state index is 11.7. The third-order valence-corrected chi connectivity index (χ3v) is 1.29. The predicted octanol–water partition coefficient (Wildman–Crippen LogP) is 1.46. The van der Waals surface area contributed by atoms with Gasteiger partial charge in [-0.3, -0.25) is 9.69 Å². The maximum Gasteiger partial charge on any atom is 0.401 e. The lowest BCUT2D eigenvalue weighted by molar-refractivity contribution is -0.145. The molecule has 2 nitrogen and oxygen atoms in total. The summed E-state index contributed by atoms with van der Waals surface area (Å²) in [5.74, 6) is -0.179. The summed E-state index contributed by atoms with van der Waals surface area (Å²) >= 11 is 0. The number of hydrogen-bond acceptors (Lipinski definition) is 2. The third kappa shape index (κ3) is 6.15. The van der Waals surface area contributed by atoms with Crippen molar-refractivity contribution in [2.75, 3.05) is 20.1 Å². The molecule has 0 N–H and O–H groups in total. The lowest BCUT2D eigenvalue weighted by Gasteiger charge is -2.16. The smallest absolute Gasteiger partial charge is 0.298 e. The van der Waals surface area contributed by atoms with Crippen molar-refractivity contribution in [3.63, 3.8) is 0 Å². The number of likely N-dealkylation sites (N-methyl/N-ethyl adjacent to an activating group) is 1. The molecule has 0 amide bonds. The van der Waals surface area contributed by atoms with E-state index >= 15 is 0 Å². The Morgan fingerprint density at radius 2 is 1.92 bits per heavy atom. The van der Waals surface area contributed by atoms with Gasteiger partial charge in [0.2, 0.25) is 0 Å². The maximum atomic E-state index is 11.7. The summed E-state index contributed by atoms with van der Waals surface area (Å²) in [6.45, 7) is 0.471. The van der Waals surface area contributed by atoms with Crippen LogP contribution in [-0.4, -0.2) is 37.0 Å². The van der Waals surface area contributed by atoms with Crippen LogP contribution in [0.15, 0.2) is 0 Å². The molecule has 0 aromatic rings. The number of alkyl halides is 3. The lowest BCUT2D eigenvalue weighted by Crippen LogP contribution is -2.34. The van der Waals surface area contributed by atoms with Crippen molar-refractivity contribution in [2.24, 2.45) is 0 Å². The molecule has 12 heavy (non-hydrogen) atoms. The molecule has 0 aromatic heterocycles. The summed E-state index contributed by atoms with van der Waals surface area (Å²) in [6.07, 6.45) is -3.94.